The Bertz CT molecular complexity index is 961. The van der Waals surface area contributed by atoms with Crippen molar-refractivity contribution >= 4 is 32.7 Å². The number of sulfone groups is 1. The highest BCUT2D eigenvalue weighted by atomic mass is 32.2. The molecule has 140 valence electrons. The quantitative estimate of drug-likeness (QED) is 0.790. The van der Waals surface area contributed by atoms with Crippen LogP contribution >= 0.6 is 0 Å². The van der Waals surface area contributed by atoms with Gasteiger partial charge in [0.1, 0.15) is 5.58 Å². The Morgan fingerprint density at radius 2 is 2.12 bits per heavy atom. The fourth-order valence-corrected chi connectivity index (χ4v) is 5.25. The molecule has 0 spiro atoms. The van der Waals surface area contributed by atoms with Gasteiger partial charge in [-0.2, -0.15) is 0 Å². The number of benzene rings is 1. The Morgan fingerprint density at radius 3 is 2.81 bits per heavy atom. The predicted octanol–water partition coefficient (Wildman–Crippen LogP) is 1.52. The smallest absolute Gasteiger partial charge is 0.310 e. The molecule has 0 radical (unpaired) electrons. The Balaban J connectivity index is 1.53. The van der Waals surface area contributed by atoms with Crippen molar-refractivity contribution in [3.05, 3.63) is 35.6 Å². The van der Waals surface area contributed by atoms with Gasteiger partial charge < -0.3 is 14.5 Å². The van der Waals surface area contributed by atoms with Crippen molar-refractivity contribution in [2.75, 3.05) is 18.1 Å². The number of rotatable bonds is 5. The zero-order valence-electron chi connectivity index (χ0n) is 14.7. The Hall–Kier alpha value is -2.35. The van der Waals surface area contributed by atoms with Gasteiger partial charge in [-0.15, -0.1) is 0 Å². The molecule has 26 heavy (non-hydrogen) atoms. The lowest BCUT2D eigenvalue weighted by molar-refractivity contribution is -0.148. The highest BCUT2D eigenvalue weighted by Crippen LogP contribution is 2.24. The standard InChI is InChI=1S/C18H21NO6S/c1-12-3-4-14-13(9-24-15(14)7-12)8-17(21)25-10-16(20)19-18(2)5-6-26(22,23)11-18/h3-4,7,9H,5-6,8,10-11H2,1-2H3,(H,19,20)/t18-/m1/s1. The second-order valence-electron chi connectivity index (χ2n) is 7.05. The van der Waals surface area contributed by atoms with Crippen molar-refractivity contribution in [3.63, 3.8) is 0 Å². The Labute approximate surface area is 151 Å². The summed E-state index contributed by atoms with van der Waals surface area (Å²) in [5.74, 6) is -1.10. The number of carbonyl (C=O) groups is 2. The van der Waals surface area contributed by atoms with Gasteiger partial charge in [0.15, 0.2) is 16.4 Å². The third-order valence-corrected chi connectivity index (χ3v) is 6.36. The summed E-state index contributed by atoms with van der Waals surface area (Å²) in [5.41, 5.74) is 1.64. The van der Waals surface area contributed by atoms with Gasteiger partial charge >= 0.3 is 5.97 Å². The van der Waals surface area contributed by atoms with Crippen LogP contribution in [0.25, 0.3) is 11.0 Å². The van der Waals surface area contributed by atoms with E-state index in [1.165, 1.54) is 6.26 Å². The number of fused-ring (bicyclic) bond motifs is 1. The van der Waals surface area contributed by atoms with Crippen molar-refractivity contribution in [2.45, 2.75) is 32.2 Å². The van der Waals surface area contributed by atoms with Gasteiger partial charge in [0.05, 0.1) is 29.7 Å². The van der Waals surface area contributed by atoms with Gasteiger partial charge in [0.25, 0.3) is 5.91 Å². The number of hydrogen-bond acceptors (Lipinski definition) is 6. The van der Waals surface area contributed by atoms with Crippen LogP contribution in [0.5, 0.6) is 0 Å². The van der Waals surface area contributed by atoms with E-state index in [4.69, 9.17) is 9.15 Å². The van der Waals surface area contributed by atoms with Crippen molar-refractivity contribution in [1.29, 1.82) is 0 Å². The molecule has 0 aliphatic carbocycles. The van der Waals surface area contributed by atoms with Crippen LogP contribution in [0.15, 0.2) is 28.9 Å². The number of carbonyl (C=O) groups excluding carboxylic acids is 2. The molecule has 1 amide bonds. The van der Waals surface area contributed by atoms with Crippen molar-refractivity contribution in [3.8, 4) is 0 Å². The maximum absolute atomic E-state index is 12.0. The molecule has 1 N–H and O–H groups in total. The number of nitrogens with one attached hydrogen (secondary N) is 1. The first-order chi connectivity index (χ1) is 12.2. The predicted molar refractivity (Wildman–Crippen MR) is 95.4 cm³/mol. The van der Waals surface area contributed by atoms with E-state index in [-0.39, 0.29) is 17.9 Å². The average Bonchev–Trinajstić information content (AvgIpc) is 3.05. The third kappa shape index (κ3) is 4.24. The minimum atomic E-state index is -3.12. The molecule has 0 unspecified atom stereocenters. The minimum absolute atomic E-state index is 0.00497. The van der Waals surface area contributed by atoms with Crippen LogP contribution in [-0.4, -0.2) is 43.9 Å². The third-order valence-electron chi connectivity index (χ3n) is 4.45. The van der Waals surface area contributed by atoms with E-state index in [1.54, 1.807) is 6.92 Å². The van der Waals surface area contributed by atoms with Gasteiger partial charge in [0.2, 0.25) is 0 Å². The summed E-state index contributed by atoms with van der Waals surface area (Å²) in [6, 6.07) is 5.69. The first-order valence-corrected chi connectivity index (χ1v) is 10.1. The van der Waals surface area contributed by atoms with Crippen LogP contribution in [-0.2, 0) is 30.6 Å². The van der Waals surface area contributed by atoms with Gasteiger partial charge in [-0.1, -0.05) is 12.1 Å². The SMILES string of the molecule is Cc1ccc2c(CC(=O)OCC(=O)N[C@]3(C)CCS(=O)(=O)C3)coc2c1. The summed E-state index contributed by atoms with van der Waals surface area (Å²) in [6.45, 7) is 3.19. The molecule has 2 aromatic rings. The topological polar surface area (TPSA) is 103 Å². The lowest BCUT2D eigenvalue weighted by Crippen LogP contribution is -2.48. The molecule has 1 aliphatic rings. The summed E-state index contributed by atoms with van der Waals surface area (Å²) in [4.78, 5) is 24.0. The molecule has 1 aromatic carbocycles. The minimum Gasteiger partial charge on any atom is -0.464 e. The van der Waals surface area contributed by atoms with E-state index >= 15 is 0 Å². The summed E-state index contributed by atoms with van der Waals surface area (Å²) in [7, 11) is -3.12. The molecule has 1 aliphatic heterocycles. The van der Waals surface area contributed by atoms with Gasteiger partial charge in [0, 0.05) is 10.9 Å². The Morgan fingerprint density at radius 1 is 1.35 bits per heavy atom. The van der Waals surface area contributed by atoms with Crippen LogP contribution in [0.1, 0.15) is 24.5 Å². The van der Waals surface area contributed by atoms with Crippen LogP contribution < -0.4 is 5.32 Å². The molecular formula is C18H21NO6S. The van der Waals surface area contributed by atoms with E-state index in [9.17, 15) is 18.0 Å². The number of esters is 1. The fourth-order valence-electron chi connectivity index (χ4n) is 3.16. The van der Waals surface area contributed by atoms with E-state index in [0.29, 0.717) is 17.6 Å². The lowest BCUT2D eigenvalue weighted by atomic mass is 10.0. The van der Waals surface area contributed by atoms with Gasteiger partial charge in [-0.25, -0.2) is 8.42 Å². The van der Waals surface area contributed by atoms with E-state index in [1.807, 2.05) is 25.1 Å². The average molecular weight is 379 g/mol. The van der Waals surface area contributed by atoms with Crippen molar-refractivity contribution in [1.82, 2.24) is 5.32 Å². The molecule has 0 saturated carbocycles. The second kappa shape index (κ2) is 6.75. The van der Waals surface area contributed by atoms with Crippen LogP contribution in [0.2, 0.25) is 0 Å². The molecule has 1 atom stereocenters. The molecule has 8 heteroatoms. The number of amides is 1. The molecule has 3 rings (SSSR count). The monoisotopic (exact) mass is 379 g/mol. The Kier molecular flexibility index (Phi) is 4.79. The number of aryl methyl sites for hydroxylation is 1. The van der Waals surface area contributed by atoms with E-state index in [2.05, 4.69) is 5.32 Å². The van der Waals surface area contributed by atoms with Crippen LogP contribution in [0.3, 0.4) is 0 Å². The van der Waals surface area contributed by atoms with E-state index < -0.39 is 33.9 Å². The van der Waals surface area contributed by atoms with Gasteiger partial charge in [-0.05, 0) is 31.9 Å². The summed E-state index contributed by atoms with van der Waals surface area (Å²) in [5, 5.41) is 3.48. The maximum Gasteiger partial charge on any atom is 0.310 e. The summed E-state index contributed by atoms with van der Waals surface area (Å²) < 4.78 is 33.6. The number of hydrogen-bond donors (Lipinski definition) is 1. The molecule has 1 fully saturated rings. The van der Waals surface area contributed by atoms with Gasteiger partial charge in [-0.3, -0.25) is 9.59 Å². The molecular weight excluding hydrogens is 358 g/mol. The zero-order valence-corrected chi connectivity index (χ0v) is 15.5. The molecule has 1 saturated heterocycles. The molecule has 0 bridgehead atoms. The first-order valence-electron chi connectivity index (χ1n) is 8.30. The molecule has 7 nitrogen and oxygen atoms in total. The van der Waals surface area contributed by atoms with E-state index in [0.717, 1.165) is 10.9 Å². The summed E-state index contributed by atoms with van der Waals surface area (Å²) in [6.07, 6.45) is 1.86. The highest BCUT2D eigenvalue weighted by Gasteiger charge is 2.39. The zero-order chi connectivity index (χ0) is 18.9. The normalized spacial score (nSPS) is 21.6. The maximum atomic E-state index is 12.0. The summed E-state index contributed by atoms with van der Waals surface area (Å²) >= 11 is 0. The molecule has 1 aromatic heterocycles. The van der Waals surface area contributed by atoms with Crippen molar-refractivity contribution in [2.24, 2.45) is 0 Å². The first kappa shape index (κ1) is 18.4. The molecule has 2 heterocycles. The number of ether oxygens (including phenoxy) is 1. The number of furan rings is 1. The largest absolute Gasteiger partial charge is 0.464 e. The fraction of sp³-hybridized carbons (Fsp3) is 0.444. The van der Waals surface area contributed by atoms with Crippen LogP contribution in [0, 0.1) is 6.92 Å². The van der Waals surface area contributed by atoms with Crippen molar-refractivity contribution < 1.29 is 27.2 Å². The highest BCUT2D eigenvalue weighted by molar-refractivity contribution is 7.91. The second-order valence-corrected chi connectivity index (χ2v) is 9.23. The van der Waals surface area contributed by atoms with Crippen LogP contribution in [0.4, 0.5) is 0 Å². The lowest BCUT2D eigenvalue weighted by Gasteiger charge is -2.23.